The number of primary amides is 1. The molecule has 0 heterocycles. The highest BCUT2D eigenvalue weighted by Gasteiger charge is 2.36. The van der Waals surface area contributed by atoms with Gasteiger partial charge in [0.2, 0.25) is 5.91 Å². The minimum atomic E-state index is -4.82. The number of amides is 1. The van der Waals surface area contributed by atoms with Crippen molar-refractivity contribution in [3.8, 4) is 0 Å². The van der Waals surface area contributed by atoms with Gasteiger partial charge in [0.15, 0.2) is 0 Å². The van der Waals surface area contributed by atoms with Crippen molar-refractivity contribution >= 4 is 21.8 Å². The molecule has 1 amide bonds. The van der Waals surface area contributed by atoms with Gasteiger partial charge in [-0.05, 0) is 28.1 Å². The highest BCUT2D eigenvalue weighted by molar-refractivity contribution is 9.10. The molecule has 0 atom stereocenters. The van der Waals surface area contributed by atoms with Crippen molar-refractivity contribution in [3.63, 3.8) is 0 Å². The average molecular weight is 286 g/mol. The molecular weight excluding hydrogens is 282 g/mol. The van der Waals surface area contributed by atoms with Crippen molar-refractivity contribution in [3.05, 3.63) is 33.5 Å². The number of carbonyl (C=O) groups is 1. The third kappa shape index (κ3) is 2.47. The normalized spacial score (nSPS) is 11.5. The quantitative estimate of drug-likeness (QED) is 0.792. The van der Waals surface area contributed by atoms with Gasteiger partial charge in [-0.15, -0.1) is 0 Å². The van der Waals surface area contributed by atoms with E-state index in [-0.39, 0.29) is 10.5 Å². The molecule has 1 rings (SSSR count). The Bertz CT molecular complexity index is 416. The van der Waals surface area contributed by atoms with Crippen molar-refractivity contribution in [2.24, 2.45) is 5.73 Å². The Morgan fingerprint density at radius 3 is 2.27 bits per heavy atom. The van der Waals surface area contributed by atoms with Crippen molar-refractivity contribution in [1.82, 2.24) is 0 Å². The molecule has 0 bridgehead atoms. The zero-order chi connectivity index (χ0) is 11.8. The Hall–Kier alpha value is -1.11. The molecule has 0 aliphatic rings. The van der Waals surface area contributed by atoms with E-state index in [0.717, 1.165) is 6.07 Å². The molecule has 1 aromatic rings. The Labute approximate surface area is 90.2 Å². The molecule has 2 nitrogen and oxygen atoms in total. The fourth-order valence-corrected chi connectivity index (χ4v) is 1.68. The smallest absolute Gasteiger partial charge is 0.366 e. The molecular formula is C8H4BrF4NO. The summed E-state index contributed by atoms with van der Waals surface area (Å²) in [5, 5.41) is 0. The van der Waals surface area contributed by atoms with Crippen LogP contribution in [-0.4, -0.2) is 5.91 Å². The fraction of sp³-hybridized carbons (Fsp3) is 0.125. The molecule has 82 valence electrons. The van der Waals surface area contributed by atoms with Crippen molar-refractivity contribution < 1.29 is 22.4 Å². The second kappa shape index (κ2) is 3.80. The predicted octanol–water partition coefficient (Wildman–Crippen LogP) is 2.71. The number of hydrogen-bond acceptors (Lipinski definition) is 1. The number of nitrogens with two attached hydrogens (primary N) is 1. The summed E-state index contributed by atoms with van der Waals surface area (Å²) in [5.41, 5.74) is 2.61. The number of carbonyl (C=O) groups excluding carboxylic acids is 1. The zero-order valence-corrected chi connectivity index (χ0v) is 8.62. The van der Waals surface area contributed by atoms with E-state index in [9.17, 15) is 22.4 Å². The van der Waals surface area contributed by atoms with E-state index in [1.807, 2.05) is 0 Å². The van der Waals surface area contributed by atoms with Gasteiger partial charge in [-0.25, -0.2) is 4.39 Å². The largest absolute Gasteiger partial charge is 0.417 e. The fourth-order valence-electron chi connectivity index (χ4n) is 1.05. The van der Waals surface area contributed by atoms with Crippen LogP contribution in [0.25, 0.3) is 0 Å². The summed E-state index contributed by atoms with van der Waals surface area (Å²) in [5.74, 6) is -2.37. The van der Waals surface area contributed by atoms with Crippen molar-refractivity contribution in [2.45, 2.75) is 6.18 Å². The molecule has 0 radical (unpaired) electrons. The summed E-state index contributed by atoms with van der Waals surface area (Å²) in [6.07, 6.45) is -4.82. The summed E-state index contributed by atoms with van der Waals surface area (Å²) >= 11 is 2.65. The Morgan fingerprint density at radius 2 is 1.87 bits per heavy atom. The van der Waals surface area contributed by atoms with Gasteiger partial charge in [-0.2, -0.15) is 13.2 Å². The monoisotopic (exact) mass is 285 g/mol. The first-order valence-electron chi connectivity index (χ1n) is 3.59. The summed E-state index contributed by atoms with van der Waals surface area (Å²) in [6.45, 7) is 0. The van der Waals surface area contributed by atoms with Gasteiger partial charge < -0.3 is 5.73 Å². The molecule has 0 spiro atoms. The number of rotatable bonds is 1. The standard InChI is InChI=1S/C8H4BrF4NO/c9-5-2-3(10)1-4(8(11,12)13)6(5)7(14)15/h1-2H,(H2,14,15). The SMILES string of the molecule is NC(=O)c1c(Br)cc(F)cc1C(F)(F)F. The summed E-state index contributed by atoms with van der Waals surface area (Å²) in [7, 11) is 0. The molecule has 2 N–H and O–H groups in total. The molecule has 0 saturated carbocycles. The van der Waals surface area contributed by atoms with Crippen LogP contribution in [0.5, 0.6) is 0 Å². The van der Waals surface area contributed by atoms with Crippen LogP contribution in [0.4, 0.5) is 17.6 Å². The van der Waals surface area contributed by atoms with Crippen LogP contribution in [0.3, 0.4) is 0 Å². The molecule has 0 saturated heterocycles. The maximum absolute atomic E-state index is 12.7. The van der Waals surface area contributed by atoms with Crippen molar-refractivity contribution in [1.29, 1.82) is 0 Å². The van der Waals surface area contributed by atoms with Crippen LogP contribution in [-0.2, 0) is 6.18 Å². The number of alkyl halides is 3. The molecule has 15 heavy (non-hydrogen) atoms. The van der Waals surface area contributed by atoms with E-state index in [4.69, 9.17) is 5.73 Å². The molecule has 0 aromatic heterocycles. The molecule has 1 aromatic carbocycles. The van der Waals surface area contributed by atoms with Gasteiger partial charge in [-0.3, -0.25) is 4.79 Å². The van der Waals surface area contributed by atoms with Gasteiger partial charge in [0, 0.05) is 4.47 Å². The molecule has 0 unspecified atom stereocenters. The summed E-state index contributed by atoms with van der Waals surface area (Å²) in [4.78, 5) is 10.8. The summed E-state index contributed by atoms with van der Waals surface area (Å²) in [6, 6.07) is 0.972. The second-order valence-corrected chi connectivity index (χ2v) is 3.53. The topological polar surface area (TPSA) is 43.1 Å². The van der Waals surface area contributed by atoms with Gasteiger partial charge in [0.1, 0.15) is 5.82 Å². The highest BCUT2D eigenvalue weighted by Crippen LogP contribution is 2.35. The van der Waals surface area contributed by atoms with E-state index in [0.29, 0.717) is 0 Å². The van der Waals surface area contributed by atoms with Crippen LogP contribution in [0.15, 0.2) is 16.6 Å². The third-order valence-electron chi connectivity index (χ3n) is 1.61. The lowest BCUT2D eigenvalue weighted by atomic mass is 10.1. The lowest BCUT2D eigenvalue weighted by Crippen LogP contribution is -2.19. The minimum absolute atomic E-state index is 0.227. The Kier molecular flexibility index (Phi) is 3.03. The predicted molar refractivity (Wildman–Crippen MR) is 47.6 cm³/mol. The first-order chi connectivity index (χ1) is 6.73. The van der Waals surface area contributed by atoms with Crippen LogP contribution >= 0.6 is 15.9 Å². The molecule has 0 aliphatic carbocycles. The van der Waals surface area contributed by atoms with Gasteiger partial charge in [0.25, 0.3) is 0 Å². The van der Waals surface area contributed by atoms with Crippen molar-refractivity contribution in [2.75, 3.05) is 0 Å². The van der Waals surface area contributed by atoms with E-state index in [1.165, 1.54) is 0 Å². The maximum atomic E-state index is 12.7. The van der Waals surface area contributed by atoms with Crippen LogP contribution in [0, 0.1) is 5.82 Å². The minimum Gasteiger partial charge on any atom is -0.366 e. The number of hydrogen-bond donors (Lipinski definition) is 1. The number of halogens is 5. The molecule has 0 aliphatic heterocycles. The van der Waals surface area contributed by atoms with Crippen LogP contribution in [0.1, 0.15) is 15.9 Å². The number of benzene rings is 1. The second-order valence-electron chi connectivity index (χ2n) is 2.67. The van der Waals surface area contributed by atoms with E-state index >= 15 is 0 Å². The lowest BCUT2D eigenvalue weighted by molar-refractivity contribution is -0.138. The summed E-state index contributed by atoms with van der Waals surface area (Å²) < 4.78 is 49.5. The van der Waals surface area contributed by atoms with E-state index < -0.39 is 29.0 Å². The first-order valence-corrected chi connectivity index (χ1v) is 4.39. The Morgan fingerprint density at radius 1 is 1.33 bits per heavy atom. The highest BCUT2D eigenvalue weighted by atomic mass is 79.9. The van der Waals surface area contributed by atoms with E-state index in [2.05, 4.69) is 15.9 Å². The van der Waals surface area contributed by atoms with E-state index in [1.54, 1.807) is 0 Å². The zero-order valence-electron chi connectivity index (χ0n) is 7.03. The van der Waals surface area contributed by atoms with Gasteiger partial charge >= 0.3 is 6.18 Å². The van der Waals surface area contributed by atoms with Gasteiger partial charge in [0.05, 0.1) is 11.1 Å². The molecule has 7 heteroatoms. The van der Waals surface area contributed by atoms with Gasteiger partial charge in [-0.1, -0.05) is 0 Å². The average Bonchev–Trinajstić information content (AvgIpc) is 1.99. The Balaban J connectivity index is 3.54. The third-order valence-corrected chi connectivity index (χ3v) is 2.23. The first kappa shape index (κ1) is 12.0. The molecule has 0 fully saturated rings. The lowest BCUT2D eigenvalue weighted by Gasteiger charge is -2.12. The maximum Gasteiger partial charge on any atom is 0.417 e. The van der Waals surface area contributed by atoms with Crippen LogP contribution in [0.2, 0.25) is 0 Å². The van der Waals surface area contributed by atoms with Crippen LogP contribution < -0.4 is 5.73 Å².